The Hall–Kier alpha value is -1.58. The Balaban J connectivity index is 0.00000338. The van der Waals surface area contributed by atoms with Crippen LogP contribution in [0.4, 0.5) is 13.6 Å². The number of benzene rings is 1. The van der Waals surface area contributed by atoms with Crippen LogP contribution in [0.1, 0.15) is 19.3 Å². The molecule has 0 radical (unpaired) electrons. The molecule has 0 bridgehead atoms. The molecule has 2 N–H and O–H groups in total. The van der Waals surface area contributed by atoms with Gasteiger partial charge in [-0.05, 0) is 31.4 Å². The zero-order chi connectivity index (χ0) is 18.1. The van der Waals surface area contributed by atoms with Gasteiger partial charge in [0.25, 0.3) is 0 Å². The van der Waals surface area contributed by atoms with Gasteiger partial charge >= 0.3 is 6.03 Å². The highest BCUT2D eigenvalue weighted by Gasteiger charge is 2.16. The van der Waals surface area contributed by atoms with Gasteiger partial charge in [-0.2, -0.15) is 13.5 Å². The summed E-state index contributed by atoms with van der Waals surface area (Å²) in [7, 11) is 0. The van der Waals surface area contributed by atoms with Crippen molar-refractivity contribution in [1.82, 2.24) is 10.2 Å². The van der Waals surface area contributed by atoms with Crippen LogP contribution in [-0.2, 0) is 4.74 Å². The third kappa shape index (κ3) is 7.76. The maximum Gasteiger partial charge on any atom is 0.317 e. The number of aliphatic hydroxyl groups is 1. The molecule has 1 atom stereocenters. The Morgan fingerprint density at radius 2 is 2.04 bits per heavy atom. The number of nitrogens with one attached hydrogen (secondary N) is 1. The second-order valence-corrected chi connectivity index (χ2v) is 5.87. The van der Waals surface area contributed by atoms with Gasteiger partial charge in [-0.15, -0.1) is 0 Å². The average molecular weight is 392 g/mol. The fourth-order valence-corrected chi connectivity index (χ4v) is 2.44. The molecular weight excluding hydrogens is 366 g/mol. The topological polar surface area (TPSA) is 71.0 Å². The predicted octanol–water partition coefficient (Wildman–Crippen LogP) is 2.03. The van der Waals surface area contributed by atoms with E-state index >= 15 is 0 Å². The summed E-state index contributed by atoms with van der Waals surface area (Å²) in [5.41, 5.74) is 0. The van der Waals surface area contributed by atoms with E-state index in [0.717, 1.165) is 18.6 Å². The maximum absolute atomic E-state index is 13.4. The summed E-state index contributed by atoms with van der Waals surface area (Å²) in [4.78, 5) is 13.5. The number of ether oxygens (including phenoxy) is 2. The summed E-state index contributed by atoms with van der Waals surface area (Å²) in [6.45, 7) is 2.78. The first-order valence-corrected chi connectivity index (χ1v) is 8.42. The Kier molecular flexibility index (Phi) is 10.3. The lowest BCUT2D eigenvalue weighted by atomic mass is 10.1. The van der Waals surface area contributed by atoms with E-state index in [1.807, 2.05) is 0 Å². The summed E-state index contributed by atoms with van der Waals surface area (Å²) in [6.07, 6.45) is 1.13. The summed E-state index contributed by atoms with van der Waals surface area (Å²) in [5.74, 6) is -1.55. The van der Waals surface area contributed by atoms with E-state index in [4.69, 9.17) is 9.47 Å². The number of hydrogen-bond acceptors (Lipinski definition) is 4. The summed E-state index contributed by atoms with van der Waals surface area (Å²) >= 11 is 0. The zero-order valence-electron chi connectivity index (χ0n) is 14.5. The van der Waals surface area contributed by atoms with Crippen molar-refractivity contribution in [3.63, 3.8) is 0 Å². The number of nitrogens with zero attached hydrogens (tertiary/aromatic N) is 1. The largest absolute Gasteiger partial charge is 0.488 e. The van der Waals surface area contributed by atoms with Gasteiger partial charge in [-0.1, -0.05) is 0 Å². The summed E-state index contributed by atoms with van der Waals surface area (Å²) in [5, 5.41) is 12.7. The maximum atomic E-state index is 13.4. The number of hydrogen-bond donors (Lipinski definition) is 2. The van der Waals surface area contributed by atoms with Gasteiger partial charge in [-0.3, -0.25) is 0 Å². The molecule has 0 spiro atoms. The quantitative estimate of drug-likeness (QED) is 0.664. The van der Waals surface area contributed by atoms with Crippen LogP contribution in [0.5, 0.6) is 5.75 Å². The fourth-order valence-electron chi connectivity index (χ4n) is 2.44. The highest BCUT2D eigenvalue weighted by atomic mass is 32.1. The second-order valence-electron chi connectivity index (χ2n) is 5.87. The molecule has 1 aliphatic heterocycles. The molecule has 0 aliphatic carbocycles. The molecule has 1 heterocycles. The molecule has 26 heavy (non-hydrogen) atoms. The normalized spacial score (nSPS) is 15.1. The van der Waals surface area contributed by atoms with Gasteiger partial charge in [0.15, 0.2) is 11.6 Å². The third-order valence-electron chi connectivity index (χ3n) is 3.86. The fraction of sp³-hybridized carbons (Fsp3) is 0.588. The number of carbonyl (C=O) groups is 1. The minimum absolute atomic E-state index is 0. The Labute approximate surface area is 158 Å². The molecule has 0 aromatic heterocycles. The molecule has 9 heteroatoms. The van der Waals surface area contributed by atoms with Crippen molar-refractivity contribution < 1.29 is 28.2 Å². The van der Waals surface area contributed by atoms with Crippen molar-refractivity contribution in [2.75, 3.05) is 39.5 Å². The Morgan fingerprint density at radius 1 is 1.31 bits per heavy atom. The molecule has 1 fully saturated rings. The van der Waals surface area contributed by atoms with E-state index < -0.39 is 17.7 Å². The first-order valence-electron chi connectivity index (χ1n) is 8.42. The number of rotatable bonds is 8. The number of amides is 2. The van der Waals surface area contributed by atoms with Gasteiger partial charge in [0, 0.05) is 25.7 Å². The molecule has 6 nitrogen and oxygen atoms in total. The van der Waals surface area contributed by atoms with Crippen molar-refractivity contribution in [2.45, 2.75) is 25.4 Å². The Bertz CT molecular complexity index is 560. The van der Waals surface area contributed by atoms with Gasteiger partial charge in [0.1, 0.15) is 12.4 Å². The molecule has 1 aromatic rings. The molecule has 1 aliphatic rings. The average Bonchev–Trinajstić information content (AvgIpc) is 2.61. The SMILES string of the molecule is O=C(NCCCC[C@H](O)COc1ccc(F)cc1F)N1CCOCC1.S. The molecule has 0 saturated carbocycles. The number of aliphatic hydroxyl groups excluding tert-OH is 1. The van der Waals surface area contributed by atoms with Crippen molar-refractivity contribution in [3.05, 3.63) is 29.8 Å². The Morgan fingerprint density at radius 3 is 2.73 bits per heavy atom. The van der Waals surface area contributed by atoms with Crippen molar-refractivity contribution in [2.24, 2.45) is 0 Å². The molecule has 2 rings (SSSR count). The molecule has 148 valence electrons. The lowest BCUT2D eigenvalue weighted by Crippen LogP contribution is -2.46. The minimum Gasteiger partial charge on any atom is -0.488 e. The third-order valence-corrected chi connectivity index (χ3v) is 3.86. The number of halogens is 2. The zero-order valence-corrected chi connectivity index (χ0v) is 15.5. The van der Waals surface area contributed by atoms with Gasteiger partial charge in [0.05, 0.1) is 19.3 Å². The lowest BCUT2D eigenvalue weighted by molar-refractivity contribution is 0.0532. The summed E-state index contributed by atoms with van der Waals surface area (Å²) < 4.78 is 36.5. The number of morpholine rings is 1. The van der Waals surface area contributed by atoms with E-state index in [9.17, 15) is 18.7 Å². The van der Waals surface area contributed by atoms with E-state index in [1.165, 1.54) is 6.07 Å². The highest BCUT2D eigenvalue weighted by Crippen LogP contribution is 2.18. The highest BCUT2D eigenvalue weighted by molar-refractivity contribution is 7.59. The molecule has 1 saturated heterocycles. The van der Waals surface area contributed by atoms with Gasteiger partial charge < -0.3 is 24.8 Å². The van der Waals surface area contributed by atoms with Crippen LogP contribution in [0, 0.1) is 11.6 Å². The van der Waals surface area contributed by atoms with Crippen LogP contribution in [-0.4, -0.2) is 61.6 Å². The van der Waals surface area contributed by atoms with E-state index in [1.54, 1.807) is 4.90 Å². The standard InChI is InChI=1S/C17H24F2N2O4.H2S/c18-13-4-5-16(15(19)11-13)25-12-14(22)3-1-2-6-20-17(23)21-7-9-24-10-8-21;/h4-5,11,14,22H,1-3,6-10,12H2,(H,20,23);1H2/t14-;/m0./s1. The minimum atomic E-state index is -0.793. The van der Waals surface area contributed by atoms with Crippen LogP contribution in [0.25, 0.3) is 0 Å². The van der Waals surface area contributed by atoms with E-state index in [0.29, 0.717) is 45.7 Å². The first-order chi connectivity index (χ1) is 12.1. The van der Waals surface area contributed by atoms with Crippen molar-refractivity contribution >= 4 is 19.5 Å². The van der Waals surface area contributed by atoms with Gasteiger partial charge in [0.2, 0.25) is 0 Å². The monoisotopic (exact) mass is 392 g/mol. The van der Waals surface area contributed by atoms with Crippen LogP contribution < -0.4 is 10.1 Å². The van der Waals surface area contributed by atoms with Crippen LogP contribution in [0.2, 0.25) is 0 Å². The van der Waals surface area contributed by atoms with E-state index in [2.05, 4.69) is 5.32 Å². The number of carbonyl (C=O) groups excluding carboxylic acids is 1. The van der Waals surface area contributed by atoms with Crippen LogP contribution in [0.15, 0.2) is 18.2 Å². The smallest absolute Gasteiger partial charge is 0.317 e. The lowest BCUT2D eigenvalue weighted by Gasteiger charge is -2.26. The van der Waals surface area contributed by atoms with Crippen LogP contribution >= 0.6 is 13.5 Å². The number of unbranched alkanes of at least 4 members (excludes halogenated alkanes) is 1. The second kappa shape index (κ2) is 11.9. The van der Waals surface area contributed by atoms with Crippen molar-refractivity contribution in [3.8, 4) is 5.75 Å². The first kappa shape index (κ1) is 22.5. The van der Waals surface area contributed by atoms with Crippen molar-refractivity contribution in [1.29, 1.82) is 0 Å². The van der Waals surface area contributed by atoms with Gasteiger partial charge in [-0.25, -0.2) is 13.6 Å². The molecule has 2 amide bonds. The van der Waals surface area contributed by atoms with Crippen LogP contribution in [0.3, 0.4) is 0 Å². The molecule has 0 unspecified atom stereocenters. The van der Waals surface area contributed by atoms with E-state index in [-0.39, 0.29) is 31.9 Å². The summed E-state index contributed by atoms with van der Waals surface area (Å²) in [6, 6.07) is 2.93. The predicted molar refractivity (Wildman–Crippen MR) is 97.9 cm³/mol. The number of urea groups is 1. The molecular formula is C17H26F2N2O4S. The molecule has 1 aromatic carbocycles.